The molecule has 1 saturated heterocycles. The van der Waals surface area contributed by atoms with E-state index in [0.29, 0.717) is 12.5 Å². The standard InChI is InChI=1S/C24H33N3O2.ClH/c1-16(2)23(24(29)27-12-6-9-21(15-27)17(3)25)26-22(28)14-18-10-11-19-7-4-5-8-20(19)13-18;/h4-5,7-8,10-11,13,16-17,21,23H,6,9,12,14-15,25H2,1-3H3,(H,26,28);1H. The van der Waals surface area contributed by atoms with Crippen molar-refractivity contribution in [3.05, 3.63) is 48.0 Å². The Hall–Kier alpha value is -2.11. The molecule has 1 fully saturated rings. The zero-order chi connectivity index (χ0) is 21.0. The van der Waals surface area contributed by atoms with Crippen LogP contribution in [0.2, 0.25) is 0 Å². The maximum atomic E-state index is 13.1. The predicted octanol–water partition coefficient (Wildman–Crippen LogP) is 3.53. The number of carbonyl (C=O) groups is 2. The van der Waals surface area contributed by atoms with E-state index in [1.165, 1.54) is 0 Å². The van der Waals surface area contributed by atoms with Gasteiger partial charge in [0.25, 0.3) is 0 Å². The maximum absolute atomic E-state index is 13.1. The van der Waals surface area contributed by atoms with Gasteiger partial charge in [0, 0.05) is 19.1 Å². The van der Waals surface area contributed by atoms with Crippen molar-refractivity contribution in [1.82, 2.24) is 10.2 Å². The number of nitrogens with two attached hydrogens (primary N) is 1. The van der Waals surface area contributed by atoms with Gasteiger partial charge < -0.3 is 16.0 Å². The van der Waals surface area contributed by atoms with E-state index in [1.54, 1.807) is 0 Å². The number of rotatable bonds is 6. The van der Waals surface area contributed by atoms with Gasteiger partial charge in [0.1, 0.15) is 6.04 Å². The molecular weight excluding hydrogens is 398 g/mol. The van der Waals surface area contributed by atoms with E-state index in [0.717, 1.165) is 35.7 Å². The molecule has 3 rings (SSSR count). The van der Waals surface area contributed by atoms with Gasteiger partial charge in [0.05, 0.1) is 6.42 Å². The molecular formula is C24H34ClN3O2. The largest absolute Gasteiger partial charge is 0.344 e. The molecule has 2 amide bonds. The lowest BCUT2D eigenvalue weighted by Gasteiger charge is -2.37. The average molecular weight is 432 g/mol. The molecule has 3 N–H and O–H groups in total. The number of nitrogens with one attached hydrogen (secondary N) is 1. The third-order valence-corrected chi connectivity index (χ3v) is 5.94. The number of carbonyl (C=O) groups excluding carboxylic acids is 2. The van der Waals surface area contributed by atoms with Crippen LogP contribution in [0.4, 0.5) is 0 Å². The molecule has 5 nitrogen and oxygen atoms in total. The molecule has 0 aliphatic carbocycles. The summed E-state index contributed by atoms with van der Waals surface area (Å²) in [5.74, 6) is 0.248. The van der Waals surface area contributed by atoms with Crippen LogP contribution < -0.4 is 11.1 Å². The molecule has 0 saturated carbocycles. The van der Waals surface area contributed by atoms with Crippen molar-refractivity contribution in [2.24, 2.45) is 17.6 Å². The van der Waals surface area contributed by atoms with Crippen molar-refractivity contribution in [3.8, 4) is 0 Å². The number of fused-ring (bicyclic) bond motifs is 1. The minimum Gasteiger partial charge on any atom is -0.344 e. The molecule has 3 unspecified atom stereocenters. The molecule has 6 heteroatoms. The molecule has 2 aromatic carbocycles. The molecule has 0 bridgehead atoms. The lowest BCUT2D eigenvalue weighted by atomic mass is 9.91. The Kier molecular flexibility index (Phi) is 8.68. The van der Waals surface area contributed by atoms with Gasteiger partial charge >= 0.3 is 0 Å². The number of benzene rings is 2. The van der Waals surface area contributed by atoms with Crippen LogP contribution in [-0.2, 0) is 16.0 Å². The Morgan fingerprint density at radius 2 is 1.83 bits per heavy atom. The van der Waals surface area contributed by atoms with E-state index >= 15 is 0 Å². The summed E-state index contributed by atoms with van der Waals surface area (Å²) in [6.07, 6.45) is 2.29. The highest BCUT2D eigenvalue weighted by Gasteiger charge is 2.32. The molecule has 0 aromatic heterocycles. The molecule has 30 heavy (non-hydrogen) atoms. The molecule has 1 heterocycles. The van der Waals surface area contributed by atoms with Crippen molar-refractivity contribution in [2.75, 3.05) is 13.1 Å². The minimum absolute atomic E-state index is 0. The third kappa shape index (κ3) is 5.96. The first-order valence-corrected chi connectivity index (χ1v) is 10.7. The van der Waals surface area contributed by atoms with Gasteiger partial charge in [-0.3, -0.25) is 9.59 Å². The normalized spacial score (nSPS) is 18.6. The van der Waals surface area contributed by atoms with Crippen molar-refractivity contribution in [3.63, 3.8) is 0 Å². The Morgan fingerprint density at radius 1 is 1.13 bits per heavy atom. The highest BCUT2D eigenvalue weighted by Crippen LogP contribution is 2.21. The zero-order valence-corrected chi connectivity index (χ0v) is 19.0. The monoisotopic (exact) mass is 431 g/mol. The maximum Gasteiger partial charge on any atom is 0.245 e. The van der Waals surface area contributed by atoms with Gasteiger partial charge in [-0.25, -0.2) is 0 Å². The smallest absolute Gasteiger partial charge is 0.245 e. The highest BCUT2D eigenvalue weighted by molar-refractivity contribution is 5.90. The Labute approximate surface area is 185 Å². The van der Waals surface area contributed by atoms with Crippen molar-refractivity contribution in [1.29, 1.82) is 0 Å². The zero-order valence-electron chi connectivity index (χ0n) is 18.1. The van der Waals surface area contributed by atoms with E-state index in [2.05, 4.69) is 11.4 Å². The van der Waals surface area contributed by atoms with Crippen LogP contribution in [-0.4, -0.2) is 41.9 Å². The van der Waals surface area contributed by atoms with E-state index in [4.69, 9.17) is 5.73 Å². The fourth-order valence-electron chi connectivity index (χ4n) is 4.11. The molecule has 2 aromatic rings. The summed E-state index contributed by atoms with van der Waals surface area (Å²) in [6, 6.07) is 13.7. The van der Waals surface area contributed by atoms with Crippen molar-refractivity contribution >= 4 is 35.0 Å². The summed E-state index contributed by atoms with van der Waals surface area (Å²) in [7, 11) is 0. The Morgan fingerprint density at radius 3 is 2.50 bits per heavy atom. The fourth-order valence-corrected chi connectivity index (χ4v) is 4.11. The molecule has 1 aliphatic heterocycles. The van der Waals surface area contributed by atoms with Crippen LogP contribution >= 0.6 is 12.4 Å². The highest BCUT2D eigenvalue weighted by atomic mass is 35.5. The van der Waals surface area contributed by atoms with Gasteiger partial charge in [-0.2, -0.15) is 0 Å². The molecule has 3 atom stereocenters. The average Bonchev–Trinajstić information content (AvgIpc) is 2.71. The minimum atomic E-state index is -0.505. The number of amides is 2. The summed E-state index contributed by atoms with van der Waals surface area (Å²) >= 11 is 0. The van der Waals surface area contributed by atoms with Gasteiger partial charge in [-0.15, -0.1) is 12.4 Å². The number of hydrogen-bond donors (Lipinski definition) is 2. The SMILES string of the molecule is CC(C)C(NC(=O)Cc1ccc2ccccc2c1)C(=O)N1CCCC(C(C)N)C1.Cl. The van der Waals surface area contributed by atoms with Crippen LogP contribution in [0.3, 0.4) is 0 Å². The summed E-state index contributed by atoms with van der Waals surface area (Å²) in [6.45, 7) is 7.38. The summed E-state index contributed by atoms with van der Waals surface area (Å²) in [4.78, 5) is 27.7. The second kappa shape index (κ2) is 10.8. The van der Waals surface area contributed by atoms with E-state index in [9.17, 15) is 9.59 Å². The predicted molar refractivity (Wildman–Crippen MR) is 125 cm³/mol. The lowest BCUT2D eigenvalue weighted by molar-refractivity contribution is -0.139. The molecule has 0 spiro atoms. The first-order chi connectivity index (χ1) is 13.8. The number of nitrogens with zero attached hydrogens (tertiary/aromatic N) is 1. The van der Waals surface area contributed by atoms with Gasteiger partial charge in [0.2, 0.25) is 11.8 Å². The van der Waals surface area contributed by atoms with E-state index in [1.807, 2.05) is 62.1 Å². The number of halogens is 1. The van der Waals surface area contributed by atoms with Gasteiger partial charge in [-0.1, -0.05) is 56.3 Å². The summed E-state index contributed by atoms with van der Waals surface area (Å²) in [5.41, 5.74) is 7.01. The van der Waals surface area contributed by atoms with Crippen LogP contribution in [0.5, 0.6) is 0 Å². The molecule has 164 valence electrons. The Bertz CT molecular complexity index is 868. The van der Waals surface area contributed by atoms with Gasteiger partial charge in [-0.05, 0) is 47.9 Å². The quantitative estimate of drug-likeness (QED) is 0.734. The van der Waals surface area contributed by atoms with Gasteiger partial charge in [0.15, 0.2) is 0 Å². The summed E-state index contributed by atoms with van der Waals surface area (Å²) in [5, 5.41) is 5.26. The van der Waals surface area contributed by atoms with Crippen LogP contribution in [0.1, 0.15) is 39.2 Å². The topological polar surface area (TPSA) is 75.4 Å². The first kappa shape index (κ1) is 24.2. The fraction of sp³-hybridized carbons (Fsp3) is 0.500. The van der Waals surface area contributed by atoms with Crippen molar-refractivity contribution < 1.29 is 9.59 Å². The third-order valence-electron chi connectivity index (χ3n) is 5.94. The Balaban J connectivity index is 0.00000320. The second-order valence-corrected chi connectivity index (χ2v) is 8.69. The second-order valence-electron chi connectivity index (χ2n) is 8.69. The number of piperidine rings is 1. The molecule has 0 radical (unpaired) electrons. The van der Waals surface area contributed by atoms with E-state index in [-0.39, 0.29) is 42.6 Å². The number of likely N-dealkylation sites (tertiary alicyclic amines) is 1. The van der Waals surface area contributed by atoms with Crippen molar-refractivity contribution in [2.45, 2.75) is 52.1 Å². The van der Waals surface area contributed by atoms with E-state index < -0.39 is 6.04 Å². The summed E-state index contributed by atoms with van der Waals surface area (Å²) < 4.78 is 0. The van der Waals surface area contributed by atoms with Crippen LogP contribution in [0.25, 0.3) is 10.8 Å². The number of hydrogen-bond acceptors (Lipinski definition) is 3. The molecule has 1 aliphatic rings. The van der Waals surface area contributed by atoms with Crippen LogP contribution in [0, 0.1) is 11.8 Å². The lowest BCUT2D eigenvalue weighted by Crippen LogP contribution is -2.54. The van der Waals surface area contributed by atoms with Crippen LogP contribution in [0.15, 0.2) is 42.5 Å². The first-order valence-electron chi connectivity index (χ1n) is 10.7.